The highest BCUT2D eigenvalue weighted by atomic mass is 35.5. The maximum atomic E-state index is 10.3. The molecule has 0 aliphatic carbocycles. The van der Waals surface area contributed by atoms with Crippen LogP contribution in [0.5, 0.6) is 11.5 Å². The van der Waals surface area contributed by atoms with Crippen molar-refractivity contribution in [3.63, 3.8) is 0 Å². The molecule has 1 aromatic heterocycles. The van der Waals surface area contributed by atoms with Gasteiger partial charge in [-0.2, -0.15) is 0 Å². The SMILES string of the molecule is COc1cc2nc(Cl)nc(NC3C(O)O[C@H](CO)C(O)[C@@H]3O)c2cc1OC. The number of aromatic nitrogens is 2. The number of benzene rings is 1. The van der Waals surface area contributed by atoms with Gasteiger partial charge in [-0.15, -0.1) is 0 Å². The molecule has 148 valence electrons. The van der Waals surface area contributed by atoms with Crippen molar-refractivity contribution in [1.29, 1.82) is 0 Å². The third-order valence-corrected chi connectivity index (χ3v) is 4.55. The number of nitrogens with one attached hydrogen (secondary N) is 1. The molecule has 5 atom stereocenters. The largest absolute Gasteiger partial charge is 0.493 e. The average Bonchev–Trinajstić information content (AvgIpc) is 2.66. The minimum Gasteiger partial charge on any atom is -0.493 e. The van der Waals surface area contributed by atoms with Crippen molar-refractivity contribution in [3.8, 4) is 11.5 Å². The van der Waals surface area contributed by atoms with E-state index < -0.39 is 37.3 Å². The fourth-order valence-corrected chi connectivity index (χ4v) is 3.12. The molecular weight excluding hydrogens is 382 g/mol. The first kappa shape index (κ1) is 19.8. The normalized spacial score (nSPS) is 28.2. The van der Waals surface area contributed by atoms with Crippen LogP contribution in [-0.4, -0.2) is 81.9 Å². The Morgan fingerprint density at radius 3 is 2.41 bits per heavy atom. The van der Waals surface area contributed by atoms with E-state index in [0.717, 1.165) is 0 Å². The lowest BCUT2D eigenvalue weighted by Crippen LogP contribution is -2.61. The van der Waals surface area contributed by atoms with Gasteiger partial charge in [-0.1, -0.05) is 0 Å². The number of halogens is 1. The zero-order chi connectivity index (χ0) is 19.7. The lowest BCUT2D eigenvalue weighted by molar-refractivity contribution is -0.245. The first-order valence-corrected chi connectivity index (χ1v) is 8.43. The first-order chi connectivity index (χ1) is 12.9. The van der Waals surface area contributed by atoms with E-state index in [9.17, 15) is 15.3 Å². The number of aliphatic hydroxyl groups excluding tert-OH is 4. The van der Waals surface area contributed by atoms with Gasteiger partial charge in [-0.05, 0) is 17.7 Å². The van der Waals surface area contributed by atoms with Crippen LogP contribution in [0.2, 0.25) is 5.28 Å². The highest BCUT2D eigenvalue weighted by molar-refractivity contribution is 6.28. The molecule has 1 saturated heterocycles. The predicted molar refractivity (Wildman–Crippen MR) is 95.0 cm³/mol. The van der Waals surface area contributed by atoms with Crippen LogP contribution < -0.4 is 14.8 Å². The van der Waals surface area contributed by atoms with E-state index >= 15 is 0 Å². The van der Waals surface area contributed by atoms with Gasteiger partial charge in [0.25, 0.3) is 0 Å². The molecule has 0 radical (unpaired) electrons. The summed E-state index contributed by atoms with van der Waals surface area (Å²) in [7, 11) is 2.96. The Bertz CT molecular complexity index is 824. The Morgan fingerprint density at radius 1 is 1.11 bits per heavy atom. The molecular formula is C16H20ClN3O7. The molecule has 3 rings (SSSR count). The van der Waals surface area contributed by atoms with Crippen LogP contribution in [0.1, 0.15) is 0 Å². The molecule has 0 spiro atoms. The van der Waals surface area contributed by atoms with Crippen molar-refractivity contribution >= 4 is 28.3 Å². The smallest absolute Gasteiger partial charge is 0.224 e. The van der Waals surface area contributed by atoms with Crippen molar-refractivity contribution in [1.82, 2.24) is 9.97 Å². The number of methoxy groups -OCH3 is 2. The molecule has 0 saturated carbocycles. The van der Waals surface area contributed by atoms with Crippen molar-refractivity contribution in [3.05, 3.63) is 17.4 Å². The van der Waals surface area contributed by atoms with Crippen LogP contribution in [-0.2, 0) is 4.74 Å². The second-order valence-corrected chi connectivity index (χ2v) is 6.30. The fourth-order valence-electron chi connectivity index (χ4n) is 2.95. The van der Waals surface area contributed by atoms with E-state index in [1.807, 2.05) is 0 Å². The Hall–Kier alpha value is -1.95. The molecule has 5 N–H and O–H groups in total. The summed E-state index contributed by atoms with van der Waals surface area (Å²) in [5.74, 6) is 1.04. The highest BCUT2D eigenvalue weighted by Crippen LogP contribution is 2.35. The zero-order valence-corrected chi connectivity index (χ0v) is 15.3. The lowest BCUT2D eigenvalue weighted by atomic mass is 9.97. The van der Waals surface area contributed by atoms with E-state index in [-0.39, 0.29) is 11.1 Å². The molecule has 0 bridgehead atoms. The van der Waals surface area contributed by atoms with E-state index in [2.05, 4.69) is 15.3 Å². The summed E-state index contributed by atoms with van der Waals surface area (Å²) in [6.45, 7) is -0.554. The molecule has 1 aromatic carbocycles. The summed E-state index contributed by atoms with van der Waals surface area (Å²) in [6.07, 6.45) is -5.46. The summed E-state index contributed by atoms with van der Waals surface area (Å²) in [5, 5.41) is 42.9. The third kappa shape index (κ3) is 3.72. The van der Waals surface area contributed by atoms with Gasteiger partial charge in [0.1, 0.15) is 30.2 Å². The summed E-state index contributed by atoms with van der Waals surface area (Å²) < 4.78 is 15.7. The van der Waals surface area contributed by atoms with E-state index in [1.165, 1.54) is 14.2 Å². The van der Waals surface area contributed by atoms with Gasteiger partial charge < -0.3 is 40.0 Å². The fraction of sp³-hybridized carbons (Fsp3) is 0.500. The number of anilines is 1. The summed E-state index contributed by atoms with van der Waals surface area (Å²) >= 11 is 5.98. The van der Waals surface area contributed by atoms with Crippen molar-refractivity contribution in [2.24, 2.45) is 0 Å². The van der Waals surface area contributed by atoms with Crippen molar-refractivity contribution in [2.45, 2.75) is 30.6 Å². The van der Waals surface area contributed by atoms with Crippen LogP contribution in [0.3, 0.4) is 0 Å². The molecule has 2 heterocycles. The van der Waals surface area contributed by atoms with Gasteiger partial charge >= 0.3 is 0 Å². The van der Waals surface area contributed by atoms with Crippen LogP contribution in [0, 0.1) is 0 Å². The Kier molecular flexibility index (Phi) is 5.84. The highest BCUT2D eigenvalue weighted by Gasteiger charge is 2.44. The average molecular weight is 402 g/mol. The minimum atomic E-state index is -1.51. The quantitative estimate of drug-likeness (QED) is 0.416. The number of rotatable bonds is 5. The summed E-state index contributed by atoms with van der Waals surface area (Å²) in [5.41, 5.74) is 0.435. The van der Waals surface area contributed by atoms with Gasteiger partial charge in [-0.3, -0.25) is 0 Å². The van der Waals surface area contributed by atoms with Crippen molar-refractivity contribution in [2.75, 3.05) is 26.1 Å². The van der Waals surface area contributed by atoms with Crippen molar-refractivity contribution < 1.29 is 34.6 Å². The minimum absolute atomic E-state index is 0.0771. The van der Waals surface area contributed by atoms with Gasteiger partial charge in [0.05, 0.1) is 26.3 Å². The number of nitrogens with zero attached hydrogens (tertiary/aromatic N) is 2. The molecule has 10 nitrogen and oxygen atoms in total. The van der Waals surface area contributed by atoms with Crippen LogP contribution in [0.15, 0.2) is 12.1 Å². The van der Waals surface area contributed by atoms with Crippen LogP contribution in [0.4, 0.5) is 5.82 Å². The van der Waals surface area contributed by atoms with E-state index in [4.69, 9.17) is 30.9 Å². The molecule has 1 aliphatic rings. The second kappa shape index (κ2) is 7.97. The number of fused-ring (bicyclic) bond motifs is 1. The van der Waals surface area contributed by atoms with Gasteiger partial charge in [0.2, 0.25) is 5.28 Å². The lowest BCUT2D eigenvalue weighted by Gasteiger charge is -2.40. The van der Waals surface area contributed by atoms with Gasteiger partial charge in [0.15, 0.2) is 17.8 Å². The number of hydrogen-bond donors (Lipinski definition) is 5. The number of ether oxygens (including phenoxy) is 3. The van der Waals surface area contributed by atoms with Gasteiger partial charge in [0, 0.05) is 11.5 Å². The van der Waals surface area contributed by atoms with Crippen LogP contribution in [0.25, 0.3) is 10.9 Å². The standard InChI is InChI=1S/C16H20ClN3O7/c1-25-8-3-6-7(4-9(8)26-2)18-16(17)20-14(6)19-11-13(23)12(22)10(5-21)27-15(11)24/h3-4,10-13,15,21-24H,5H2,1-2H3,(H,18,19,20)/t10-,11?,12?,13-,15?/m1/s1. The molecule has 0 amide bonds. The maximum absolute atomic E-state index is 10.3. The molecule has 3 unspecified atom stereocenters. The Labute approximate surface area is 159 Å². The second-order valence-electron chi connectivity index (χ2n) is 5.96. The zero-order valence-electron chi connectivity index (χ0n) is 14.5. The van der Waals surface area contributed by atoms with Crippen LogP contribution >= 0.6 is 11.6 Å². The van der Waals surface area contributed by atoms with E-state index in [1.54, 1.807) is 12.1 Å². The Morgan fingerprint density at radius 2 is 1.78 bits per heavy atom. The maximum Gasteiger partial charge on any atom is 0.224 e. The molecule has 27 heavy (non-hydrogen) atoms. The molecule has 1 fully saturated rings. The molecule has 2 aromatic rings. The predicted octanol–water partition coefficient (Wildman–Crippen LogP) is -0.488. The monoisotopic (exact) mass is 401 g/mol. The number of hydrogen-bond acceptors (Lipinski definition) is 10. The number of aliphatic hydroxyl groups is 4. The Balaban J connectivity index is 2.01. The first-order valence-electron chi connectivity index (χ1n) is 8.06. The van der Waals surface area contributed by atoms with Gasteiger partial charge in [-0.25, -0.2) is 9.97 Å². The third-order valence-electron chi connectivity index (χ3n) is 4.38. The summed E-state index contributed by atoms with van der Waals surface area (Å²) in [4.78, 5) is 8.23. The summed E-state index contributed by atoms with van der Waals surface area (Å²) in [6, 6.07) is 2.08. The topological polar surface area (TPSA) is 146 Å². The molecule has 1 aliphatic heterocycles. The molecule has 11 heteroatoms. The van der Waals surface area contributed by atoms with E-state index in [0.29, 0.717) is 22.4 Å².